The van der Waals surface area contributed by atoms with Gasteiger partial charge >= 0.3 is 5.91 Å². The van der Waals surface area contributed by atoms with Crippen molar-refractivity contribution in [3.63, 3.8) is 0 Å². The highest BCUT2D eigenvalue weighted by molar-refractivity contribution is 6.51. The molecule has 7 heteroatoms. The van der Waals surface area contributed by atoms with Crippen LogP contribution >= 0.6 is 0 Å². The highest BCUT2D eigenvalue weighted by Crippen LogP contribution is 2.43. The van der Waals surface area contributed by atoms with Crippen molar-refractivity contribution in [2.24, 2.45) is 0 Å². The molecule has 5 rings (SSSR count). The molecule has 2 N–H and O–H groups in total. The fraction of sp³-hybridized carbons (Fsp3) is 0.179. The second kappa shape index (κ2) is 8.43. The summed E-state index contributed by atoms with van der Waals surface area (Å²) in [6.07, 6.45) is 0. The van der Waals surface area contributed by atoms with E-state index >= 15 is 0 Å². The molecule has 1 aliphatic heterocycles. The van der Waals surface area contributed by atoms with Crippen LogP contribution in [-0.4, -0.2) is 33.9 Å². The van der Waals surface area contributed by atoms with E-state index in [0.29, 0.717) is 22.4 Å². The minimum atomic E-state index is -0.874. The number of hydrogen-bond donors (Lipinski definition) is 2. The first-order valence-electron chi connectivity index (χ1n) is 11.3. The number of imidazole rings is 1. The Kier molecular flexibility index (Phi) is 5.40. The molecule has 0 aliphatic carbocycles. The Morgan fingerprint density at radius 1 is 1.00 bits per heavy atom. The Morgan fingerprint density at radius 2 is 1.77 bits per heavy atom. The van der Waals surface area contributed by atoms with Gasteiger partial charge in [-0.3, -0.25) is 14.5 Å². The van der Waals surface area contributed by atoms with Crippen LogP contribution in [-0.2, 0) is 9.59 Å². The molecule has 1 unspecified atom stereocenters. The second-order valence-electron chi connectivity index (χ2n) is 8.82. The molecule has 0 saturated carbocycles. The molecule has 2 heterocycles. The van der Waals surface area contributed by atoms with Gasteiger partial charge in [0.2, 0.25) is 5.95 Å². The first-order chi connectivity index (χ1) is 16.8. The number of rotatable bonds is 4. The van der Waals surface area contributed by atoms with Crippen LogP contribution < -0.4 is 9.64 Å². The number of para-hydroxylation sites is 2. The van der Waals surface area contributed by atoms with Crippen molar-refractivity contribution in [3.05, 3.63) is 94.1 Å². The van der Waals surface area contributed by atoms with Gasteiger partial charge in [0.25, 0.3) is 5.78 Å². The summed E-state index contributed by atoms with van der Waals surface area (Å²) in [6.45, 7) is 5.70. The quantitative estimate of drug-likeness (QED) is 0.247. The largest absolute Gasteiger partial charge is 0.507 e. The number of benzene rings is 3. The monoisotopic (exact) mass is 467 g/mol. The fourth-order valence-electron chi connectivity index (χ4n) is 4.81. The van der Waals surface area contributed by atoms with Gasteiger partial charge in [-0.2, -0.15) is 0 Å². The topological polar surface area (TPSA) is 95.5 Å². The van der Waals surface area contributed by atoms with Crippen molar-refractivity contribution >= 4 is 34.4 Å². The average molecular weight is 468 g/mol. The van der Waals surface area contributed by atoms with Crippen LogP contribution in [0.2, 0.25) is 0 Å². The summed E-state index contributed by atoms with van der Waals surface area (Å²) in [4.78, 5) is 36.0. The predicted octanol–water partition coefficient (Wildman–Crippen LogP) is 5.12. The number of fused-ring (bicyclic) bond motifs is 1. The molecule has 1 fully saturated rings. The molecule has 0 bridgehead atoms. The molecule has 35 heavy (non-hydrogen) atoms. The van der Waals surface area contributed by atoms with E-state index in [1.165, 1.54) is 12.0 Å². The lowest BCUT2D eigenvalue weighted by Gasteiger charge is -2.23. The minimum absolute atomic E-state index is 0.00986. The van der Waals surface area contributed by atoms with Gasteiger partial charge in [0, 0.05) is 0 Å². The molecular weight excluding hydrogens is 442 g/mol. The zero-order valence-corrected chi connectivity index (χ0v) is 19.9. The Bertz CT molecular complexity index is 1500. The lowest BCUT2D eigenvalue weighted by atomic mass is 9.93. The zero-order chi connectivity index (χ0) is 24.9. The van der Waals surface area contributed by atoms with E-state index in [-0.39, 0.29) is 17.3 Å². The summed E-state index contributed by atoms with van der Waals surface area (Å²) in [5.41, 5.74) is 5.12. The Morgan fingerprint density at radius 3 is 2.49 bits per heavy atom. The number of nitrogens with zero attached hydrogens (tertiary/aromatic N) is 2. The summed E-state index contributed by atoms with van der Waals surface area (Å²) in [5, 5.41) is 11.5. The summed E-state index contributed by atoms with van der Waals surface area (Å²) in [7, 11) is 1.51. The number of carbonyl (C=O) groups excluding carboxylic acids is 2. The molecule has 1 aliphatic rings. The zero-order valence-electron chi connectivity index (χ0n) is 19.9. The average Bonchev–Trinajstić information content (AvgIpc) is 3.36. The molecule has 0 spiro atoms. The van der Waals surface area contributed by atoms with E-state index in [2.05, 4.69) is 9.97 Å². The van der Waals surface area contributed by atoms with Gasteiger partial charge < -0.3 is 14.8 Å². The van der Waals surface area contributed by atoms with E-state index in [4.69, 9.17) is 4.74 Å². The Balaban J connectivity index is 1.79. The molecule has 0 radical (unpaired) electrons. The lowest BCUT2D eigenvalue weighted by molar-refractivity contribution is -0.132. The number of aliphatic hydroxyl groups excluding tert-OH is 1. The summed E-state index contributed by atoms with van der Waals surface area (Å²) in [5.74, 6) is -1.13. The number of H-pyrrole nitrogens is 1. The molecule has 4 aromatic rings. The maximum absolute atomic E-state index is 13.5. The number of aromatic nitrogens is 2. The fourth-order valence-corrected chi connectivity index (χ4v) is 4.81. The maximum Gasteiger partial charge on any atom is 0.302 e. The first kappa shape index (κ1) is 22.4. The van der Waals surface area contributed by atoms with E-state index < -0.39 is 17.7 Å². The van der Waals surface area contributed by atoms with Gasteiger partial charge in [-0.25, -0.2) is 4.98 Å². The third-order valence-electron chi connectivity index (χ3n) is 6.29. The second-order valence-corrected chi connectivity index (χ2v) is 8.82. The molecule has 1 amide bonds. The molecule has 7 nitrogen and oxygen atoms in total. The Labute approximate surface area is 202 Å². The van der Waals surface area contributed by atoms with Crippen LogP contribution in [0.1, 0.15) is 33.9 Å². The van der Waals surface area contributed by atoms with Gasteiger partial charge in [0.05, 0.1) is 35.3 Å². The van der Waals surface area contributed by atoms with Crippen molar-refractivity contribution in [2.75, 3.05) is 12.0 Å². The number of ether oxygens (including phenoxy) is 1. The lowest BCUT2D eigenvalue weighted by Crippen LogP contribution is -2.30. The van der Waals surface area contributed by atoms with Crippen LogP contribution in [0.15, 0.2) is 66.2 Å². The molecule has 1 atom stereocenters. The van der Waals surface area contributed by atoms with Gasteiger partial charge in [0.1, 0.15) is 11.5 Å². The van der Waals surface area contributed by atoms with E-state index in [1.807, 2.05) is 75.4 Å². The number of amides is 1. The smallest absolute Gasteiger partial charge is 0.302 e. The van der Waals surface area contributed by atoms with Crippen molar-refractivity contribution in [2.45, 2.75) is 26.8 Å². The number of nitrogens with one attached hydrogen (secondary N) is 1. The molecular formula is C28H25N3O4. The number of carbonyl (C=O) groups is 2. The Hall–Kier alpha value is -4.39. The van der Waals surface area contributed by atoms with Gasteiger partial charge in [-0.15, -0.1) is 0 Å². The number of Topliss-reactive ketones (excluding diaryl/α,β-unsaturated/α-hetero) is 1. The standard InChI is InChI=1S/C28H25N3O4/c1-15-8-7-9-18(13-15)23-22(24(32)19-14-16(2)12-17(3)26(19)35-4)25(33)27(34)31(23)28-29-20-10-5-6-11-21(20)30-28/h5-14,23,32H,1-4H3,(H,29,30)/b24-22+. The molecule has 3 aromatic carbocycles. The molecule has 176 valence electrons. The number of aryl methyl sites for hydroxylation is 3. The highest BCUT2D eigenvalue weighted by Gasteiger charge is 2.48. The number of aromatic amines is 1. The minimum Gasteiger partial charge on any atom is -0.507 e. The third kappa shape index (κ3) is 3.65. The highest BCUT2D eigenvalue weighted by atomic mass is 16.5. The number of ketones is 1. The van der Waals surface area contributed by atoms with Gasteiger partial charge in [0.15, 0.2) is 0 Å². The van der Waals surface area contributed by atoms with E-state index in [1.54, 1.807) is 6.07 Å². The van der Waals surface area contributed by atoms with E-state index in [0.717, 1.165) is 22.2 Å². The van der Waals surface area contributed by atoms with Crippen molar-refractivity contribution in [1.29, 1.82) is 0 Å². The summed E-state index contributed by atoms with van der Waals surface area (Å²) < 4.78 is 5.56. The van der Waals surface area contributed by atoms with Crippen molar-refractivity contribution < 1.29 is 19.4 Å². The normalized spacial score (nSPS) is 17.4. The first-order valence-corrected chi connectivity index (χ1v) is 11.3. The van der Waals surface area contributed by atoms with Crippen LogP contribution in [0.3, 0.4) is 0 Å². The summed E-state index contributed by atoms with van der Waals surface area (Å²) in [6, 6.07) is 17.7. The van der Waals surface area contributed by atoms with E-state index in [9.17, 15) is 14.7 Å². The van der Waals surface area contributed by atoms with Crippen molar-refractivity contribution in [3.8, 4) is 5.75 Å². The van der Waals surface area contributed by atoms with Gasteiger partial charge in [-0.1, -0.05) is 48.0 Å². The van der Waals surface area contributed by atoms with Crippen LogP contribution in [0.4, 0.5) is 5.95 Å². The van der Waals surface area contributed by atoms with Crippen molar-refractivity contribution in [1.82, 2.24) is 9.97 Å². The number of anilines is 1. The third-order valence-corrected chi connectivity index (χ3v) is 6.29. The van der Waals surface area contributed by atoms with Crippen LogP contribution in [0.25, 0.3) is 16.8 Å². The maximum atomic E-state index is 13.5. The number of methoxy groups -OCH3 is 1. The van der Waals surface area contributed by atoms with Gasteiger partial charge in [-0.05, 0) is 55.7 Å². The SMILES string of the molecule is COc1c(C)cc(C)cc1/C(O)=C1\C(=O)C(=O)N(c2nc3ccccc3[nH]2)C1c1cccc(C)c1. The number of hydrogen-bond acceptors (Lipinski definition) is 5. The predicted molar refractivity (Wildman–Crippen MR) is 135 cm³/mol. The molecule has 1 saturated heterocycles. The molecule has 1 aromatic heterocycles. The number of aliphatic hydroxyl groups is 1. The van der Waals surface area contributed by atoms with Crippen LogP contribution in [0.5, 0.6) is 5.75 Å². The summed E-state index contributed by atoms with van der Waals surface area (Å²) >= 11 is 0. The van der Waals surface area contributed by atoms with Crippen LogP contribution in [0, 0.1) is 20.8 Å².